The Morgan fingerprint density at radius 1 is 1.12 bits per heavy atom. The van der Waals surface area contributed by atoms with Crippen LogP contribution in [0.15, 0.2) is 18.2 Å². The van der Waals surface area contributed by atoms with Gasteiger partial charge in [-0.25, -0.2) is 8.78 Å². The summed E-state index contributed by atoms with van der Waals surface area (Å²) in [4.78, 5) is 0. The van der Waals surface area contributed by atoms with Crippen molar-refractivity contribution in [2.45, 2.75) is 44.1 Å². The molecule has 0 amide bonds. The number of halogens is 2. The first kappa shape index (κ1) is 12.5. The van der Waals surface area contributed by atoms with Crippen molar-refractivity contribution in [3.63, 3.8) is 0 Å². The van der Waals surface area contributed by atoms with Crippen molar-refractivity contribution in [1.29, 1.82) is 0 Å². The number of hydrogen-bond acceptors (Lipinski definition) is 1. The van der Waals surface area contributed by atoms with Crippen molar-refractivity contribution in [3.05, 3.63) is 35.4 Å². The van der Waals surface area contributed by atoms with E-state index in [0.717, 1.165) is 25.3 Å². The Morgan fingerprint density at radius 3 is 2.59 bits per heavy atom. The van der Waals surface area contributed by atoms with Crippen LogP contribution in [-0.4, -0.2) is 13.1 Å². The number of hydrogen-bond donors (Lipinski definition) is 1. The molecule has 1 aromatic rings. The highest BCUT2D eigenvalue weighted by atomic mass is 19.1. The molecule has 3 heteroatoms. The van der Waals surface area contributed by atoms with Crippen molar-refractivity contribution in [1.82, 2.24) is 5.32 Å². The second kappa shape index (κ2) is 5.58. The molecule has 1 N–H and O–H groups in total. The summed E-state index contributed by atoms with van der Waals surface area (Å²) in [6.07, 6.45) is 5.56. The molecular weight excluding hydrogens is 220 g/mol. The van der Waals surface area contributed by atoms with Crippen molar-refractivity contribution < 1.29 is 8.78 Å². The second-order valence-corrected chi connectivity index (χ2v) is 4.81. The Hall–Kier alpha value is -0.960. The molecule has 0 aliphatic heterocycles. The maximum absolute atomic E-state index is 13.8. The Labute approximate surface area is 101 Å². The summed E-state index contributed by atoms with van der Waals surface area (Å²) in [6, 6.07) is 4.26. The third-order valence-corrected chi connectivity index (χ3v) is 3.75. The van der Waals surface area contributed by atoms with E-state index < -0.39 is 11.6 Å². The van der Waals surface area contributed by atoms with Crippen molar-refractivity contribution in [3.8, 4) is 0 Å². The fourth-order valence-electron chi connectivity index (χ4n) is 2.83. The molecule has 1 aliphatic rings. The van der Waals surface area contributed by atoms with Gasteiger partial charge in [-0.3, -0.25) is 0 Å². The van der Waals surface area contributed by atoms with Gasteiger partial charge in [-0.05, 0) is 31.5 Å². The lowest BCUT2D eigenvalue weighted by Gasteiger charge is -2.25. The lowest BCUT2D eigenvalue weighted by atomic mass is 9.87. The summed E-state index contributed by atoms with van der Waals surface area (Å²) in [5.74, 6) is -0.735. The molecule has 94 valence electrons. The zero-order chi connectivity index (χ0) is 12.3. The van der Waals surface area contributed by atoms with E-state index in [0.29, 0.717) is 11.6 Å². The zero-order valence-corrected chi connectivity index (χ0v) is 10.2. The minimum absolute atomic E-state index is 0.170. The lowest BCUT2D eigenvalue weighted by molar-refractivity contribution is 0.423. The lowest BCUT2D eigenvalue weighted by Crippen LogP contribution is -2.31. The Morgan fingerprint density at radius 2 is 1.88 bits per heavy atom. The molecule has 0 radical (unpaired) electrons. The van der Waals surface area contributed by atoms with Gasteiger partial charge in [0.15, 0.2) is 0 Å². The van der Waals surface area contributed by atoms with Gasteiger partial charge >= 0.3 is 0 Å². The van der Waals surface area contributed by atoms with Gasteiger partial charge in [0.1, 0.15) is 11.6 Å². The minimum Gasteiger partial charge on any atom is -0.316 e. The molecule has 0 heterocycles. The molecule has 2 unspecified atom stereocenters. The fraction of sp³-hybridized carbons (Fsp3) is 0.571. The highest BCUT2D eigenvalue weighted by molar-refractivity contribution is 5.24. The largest absolute Gasteiger partial charge is 0.316 e. The topological polar surface area (TPSA) is 12.0 Å². The normalized spacial score (nSPS) is 25.6. The van der Waals surface area contributed by atoms with E-state index in [1.807, 2.05) is 7.05 Å². The van der Waals surface area contributed by atoms with Gasteiger partial charge in [-0.15, -0.1) is 0 Å². The summed E-state index contributed by atoms with van der Waals surface area (Å²) in [5, 5.41) is 3.27. The van der Waals surface area contributed by atoms with E-state index >= 15 is 0 Å². The third kappa shape index (κ3) is 2.83. The van der Waals surface area contributed by atoms with Gasteiger partial charge in [-0.2, -0.15) is 0 Å². The van der Waals surface area contributed by atoms with Gasteiger partial charge in [0.05, 0.1) is 0 Å². The minimum atomic E-state index is -0.499. The molecule has 2 rings (SSSR count). The monoisotopic (exact) mass is 239 g/mol. The highest BCUT2D eigenvalue weighted by Gasteiger charge is 2.26. The number of nitrogens with one attached hydrogen (secondary N) is 1. The smallest absolute Gasteiger partial charge is 0.129 e. The van der Waals surface area contributed by atoms with Gasteiger partial charge in [-0.1, -0.05) is 25.3 Å². The average molecular weight is 239 g/mol. The van der Waals surface area contributed by atoms with Crippen LogP contribution in [0.2, 0.25) is 0 Å². The maximum atomic E-state index is 13.8. The molecule has 2 atom stereocenters. The van der Waals surface area contributed by atoms with Crippen LogP contribution in [-0.2, 0) is 0 Å². The van der Waals surface area contributed by atoms with E-state index in [2.05, 4.69) is 5.32 Å². The maximum Gasteiger partial charge on any atom is 0.129 e. The zero-order valence-electron chi connectivity index (χ0n) is 10.2. The number of rotatable bonds is 2. The van der Waals surface area contributed by atoms with Gasteiger partial charge in [0, 0.05) is 18.0 Å². The summed E-state index contributed by atoms with van der Waals surface area (Å²) >= 11 is 0. The molecule has 1 nitrogen and oxygen atoms in total. The molecule has 1 fully saturated rings. The van der Waals surface area contributed by atoms with E-state index in [4.69, 9.17) is 0 Å². The summed E-state index contributed by atoms with van der Waals surface area (Å²) < 4.78 is 26.7. The first-order valence-corrected chi connectivity index (χ1v) is 6.34. The van der Waals surface area contributed by atoms with E-state index in [-0.39, 0.29) is 5.92 Å². The molecule has 1 saturated carbocycles. The summed E-state index contributed by atoms with van der Waals surface area (Å²) in [5.41, 5.74) is 0.660. The molecule has 0 spiro atoms. The van der Waals surface area contributed by atoms with Gasteiger partial charge in [0.2, 0.25) is 0 Å². The first-order chi connectivity index (χ1) is 8.22. The molecule has 1 aliphatic carbocycles. The van der Waals surface area contributed by atoms with E-state index in [9.17, 15) is 8.78 Å². The molecule has 1 aromatic carbocycles. The number of likely N-dealkylation sites (N-methyl/N-ethyl adjacent to an activating group) is 1. The summed E-state index contributed by atoms with van der Waals surface area (Å²) in [7, 11) is 1.92. The van der Waals surface area contributed by atoms with Crippen LogP contribution in [0, 0.1) is 11.6 Å². The summed E-state index contributed by atoms with van der Waals surface area (Å²) in [6.45, 7) is 0. The Bertz CT molecular complexity index is 378. The quantitative estimate of drug-likeness (QED) is 0.777. The Kier molecular flexibility index (Phi) is 4.11. The second-order valence-electron chi connectivity index (χ2n) is 4.81. The standard InChI is InChI=1S/C14H19F2N/c1-17-14-6-4-2-3-5-12(14)11-8-7-10(15)9-13(11)16/h7-9,12,14,17H,2-6H2,1H3. The van der Waals surface area contributed by atoms with Crippen LogP contribution >= 0.6 is 0 Å². The van der Waals surface area contributed by atoms with Gasteiger partial charge < -0.3 is 5.32 Å². The average Bonchev–Trinajstić information content (AvgIpc) is 2.54. The molecule has 0 saturated heterocycles. The fourth-order valence-corrected chi connectivity index (χ4v) is 2.83. The predicted molar refractivity (Wildman–Crippen MR) is 65.0 cm³/mol. The van der Waals surface area contributed by atoms with Crippen molar-refractivity contribution >= 4 is 0 Å². The highest BCUT2D eigenvalue weighted by Crippen LogP contribution is 2.33. The first-order valence-electron chi connectivity index (χ1n) is 6.34. The molecule has 0 aromatic heterocycles. The third-order valence-electron chi connectivity index (χ3n) is 3.75. The van der Waals surface area contributed by atoms with Crippen molar-refractivity contribution in [2.24, 2.45) is 0 Å². The van der Waals surface area contributed by atoms with Crippen LogP contribution in [0.1, 0.15) is 43.6 Å². The SMILES string of the molecule is CNC1CCCCCC1c1ccc(F)cc1F. The molecular formula is C14H19F2N. The van der Waals surface area contributed by atoms with Gasteiger partial charge in [0.25, 0.3) is 0 Å². The van der Waals surface area contributed by atoms with Crippen molar-refractivity contribution in [2.75, 3.05) is 7.05 Å². The molecule has 0 bridgehead atoms. The van der Waals surface area contributed by atoms with E-state index in [1.165, 1.54) is 18.9 Å². The van der Waals surface area contributed by atoms with Crippen LogP contribution in [0.25, 0.3) is 0 Å². The Balaban J connectivity index is 2.28. The van der Waals surface area contributed by atoms with Crippen LogP contribution < -0.4 is 5.32 Å². The van der Waals surface area contributed by atoms with Crippen LogP contribution in [0.4, 0.5) is 8.78 Å². The van der Waals surface area contributed by atoms with E-state index in [1.54, 1.807) is 6.07 Å². The number of benzene rings is 1. The predicted octanol–water partition coefficient (Wildman–Crippen LogP) is 3.60. The van der Waals surface area contributed by atoms with Crippen LogP contribution in [0.3, 0.4) is 0 Å². The van der Waals surface area contributed by atoms with Crippen LogP contribution in [0.5, 0.6) is 0 Å². The molecule has 17 heavy (non-hydrogen) atoms.